The molecule has 25 heavy (non-hydrogen) atoms. The fraction of sp³-hybridized carbons (Fsp3) is 0.556. The Labute approximate surface area is 150 Å². The van der Waals surface area contributed by atoms with Gasteiger partial charge in [-0.2, -0.15) is 0 Å². The first kappa shape index (κ1) is 16.4. The molecule has 0 aliphatic carbocycles. The standard InChI is InChI=1S/C18H22N4O2S/c1-12(23)14-8-9-15(25-14)18(24)21-11-5-6-13(21)17-20-19-16-7-3-2-4-10-22(16)17/h8-9,13H,2-7,10-11H2,1H3. The lowest BCUT2D eigenvalue weighted by Crippen LogP contribution is -2.31. The number of thiophene rings is 1. The van der Waals surface area contributed by atoms with E-state index >= 15 is 0 Å². The van der Waals surface area contributed by atoms with Crippen molar-refractivity contribution in [3.05, 3.63) is 33.5 Å². The van der Waals surface area contributed by atoms with Crippen molar-refractivity contribution in [3.8, 4) is 0 Å². The number of amides is 1. The average molecular weight is 358 g/mol. The Morgan fingerprint density at radius 1 is 1.08 bits per heavy atom. The summed E-state index contributed by atoms with van der Waals surface area (Å²) in [7, 11) is 0. The lowest BCUT2D eigenvalue weighted by molar-refractivity contribution is 0.0732. The molecule has 4 heterocycles. The average Bonchev–Trinajstić information content (AvgIpc) is 3.30. The summed E-state index contributed by atoms with van der Waals surface area (Å²) >= 11 is 1.28. The molecule has 0 radical (unpaired) electrons. The molecule has 2 aromatic heterocycles. The van der Waals surface area contributed by atoms with E-state index in [0.29, 0.717) is 9.75 Å². The molecular weight excluding hydrogens is 336 g/mol. The molecule has 2 aromatic rings. The molecule has 2 aliphatic heterocycles. The quantitative estimate of drug-likeness (QED) is 0.790. The summed E-state index contributed by atoms with van der Waals surface area (Å²) < 4.78 is 2.23. The van der Waals surface area contributed by atoms with Gasteiger partial charge in [-0.25, -0.2) is 0 Å². The Kier molecular flexibility index (Phi) is 4.41. The number of hydrogen-bond acceptors (Lipinski definition) is 5. The number of carbonyl (C=O) groups excluding carboxylic acids is 2. The van der Waals surface area contributed by atoms with Crippen LogP contribution in [-0.2, 0) is 13.0 Å². The van der Waals surface area contributed by atoms with Crippen molar-refractivity contribution < 1.29 is 9.59 Å². The van der Waals surface area contributed by atoms with Gasteiger partial charge in [0.1, 0.15) is 5.82 Å². The van der Waals surface area contributed by atoms with Crippen molar-refractivity contribution >= 4 is 23.0 Å². The zero-order valence-corrected chi connectivity index (χ0v) is 15.2. The van der Waals surface area contributed by atoms with E-state index in [2.05, 4.69) is 14.8 Å². The van der Waals surface area contributed by atoms with Crippen molar-refractivity contribution in [2.75, 3.05) is 6.54 Å². The molecule has 0 N–H and O–H groups in total. The van der Waals surface area contributed by atoms with Crippen molar-refractivity contribution in [1.82, 2.24) is 19.7 Å². The van der Waals surface area contributed by atoms with Gasteiger partial charge in [0.05, 0.1) is 15.8 Å². The second-order valence-electron chi connectivity index (χ2n) is 6.81. The number of carbonyl (C=O) groups is 2. The predicted octanol–water partition coefficient (Wildman–Crippen LogP) is 3.25. The van der Waals surface area contributed by atoms with E-state index in [1.54, 1.807) is 12.1 Å². The number of rotatable bonds is 3. The van der Waals surface area contributed by atoms with E-state index in [1.807, 2.05) is 4.90 Å². The topological polar surface area (TPSA) is 68.1 Å². The number of aromatic nitrogens is 3. The molecule has 4 rings (SSSR count). The summed E-state index contributed by atoms with van der Waals surface area (Å²) in [5, 5.41) is 8.84. The van der Waals surface area contributed by atoms with Crippen molar-refractivity contribution in [2.45, 2.75) is 58.0 Å². The Morgan fingerprint density at radius 3 is 2.72 bits per heavy atom. The van der Waals surface area contributed by atoms with Crippen molar-refractivity contribution in [1.29, 1.82) is 0 Å². The Hall–Kier alpha value is -2.02. The van der Waals surface area contributed by atoms with Gasteiger partial charge >= 0.3 is 0 Å². The van der Waals surface area contributed by atoms with Gasteiger partial charge in [-0.3, -0.25) is 9.59 Å². The second-order valence-corrected chi connectivity index (χ2v) is 7.90. The molecule has 0 aromatic carbocycles. The van der Waals surface area contributed by atoms with Crippen LogP contribution < -0.4 is 0 Å². The van der Waals surface area contributed by atoms with Gasteiger partial charge in [-0.05, 0) is 44.7 Å². The molecule has 1 unspecified atom stereocenters. The first-order chi connectivity index (χ1) is 12.1. The predicted molar refractivity (Wildman–Crippen MR) is 94.9 cm³/mol. The minimum Gasteiger partial charge on any atom is -0.328 e. The molecule has 1 fully saturated rings. The van der Waals surface area contributed by atoms with Gasteiger partial charge in [0, 0.05) is 19.5 Å². The van der Waals surface area contributed by atoms with Crippen LogP contribution in [0.15, 0.2) is 12.1 Å². The van der Waals surface area contributed by atoms with E-state index in [1.165, 1.54) is 24.7 Å². The highest BCUT2D eigenvalue weighted by Crippen LogP contribution is 2.34. The molecule has 2 aliphatic rings. The highest BCUT2D eigenvalue weighted by Gasteiger charge is 2.35. The second kappa shape index (κ2) is 6.71. The maximum atomic E-state index is 13.0. The fourth-order valence-corrected chi connectivity index (χ4v) is 4.67. The van der Waals surface area contributed by atoms with Gasteiger partial charge in [-0.1, -0.05) is 6.42 Å². The monoisotopic (exact) mass is 358 g/mol. The van der Waals surface area contributed by atoms with Crippen LogP contribution >= 0.6 is 11.3 Å². The lowest BCUT2D eigenvalue weighted by Gasteiger charge is -2.24. The van der Waals surface area contributed by atoms with Crippen molar-refractivity contribution in [2.24, 2.45) is 0 Å². The van der Waals surface area contributed by atoms with Crippen LogP contribution in [0.2, 0.25) is 0 Å². The highest BCUT2D eigenvalue weighted by molar-refractivity contribution is 7.15. The lowest BCUT2D eigenvalue weighted by atomic mass is 10.2. The molecule has 7 heteroatoms. The highest BCUT2D eigenvalue weighted by atomic mass is 32.1. The molecule has 0 saturated carbocycles. The summed E-state index contributed by atoms with van der Waals surface area (Å²) in [6, 6.07) is 3.51. The Morgan fingerprint density at radius 2 is 1.92 bits per heavy atom. The summed E-state index contributed by atoms with van der Waals surface area (Å²) in [6.07, 6.45) is 6.40. The van der Waals surface area contributed by atoms with Crippen LogP contribution in [0.5, 0.6) is 0 Å². The van der Waals surface area contributed by atoms with E-state index in [-0.39, 0.29) is 17.7 Å². The van der Waals surface area contributed by atoms with Gasteiger partial charge in [0.25, 0.3) is 5.91 Å². The molecule has 6 nitrogen and oxygen atoms in total. The maximum absolute atomic E-state index is 13.0. The fourth-order valence-electron chi connectivity index (χ4n) is 3.82. The summed E-state index contributed by atoms with van der Waals surface area (Å²) in [5.41, 5.74) is 0. The SMILES string of the molecule is CC(=O)c1ccc(C(=O)N2CCCC2c2nnc3n2CCCCC3)s1. The third kappa shape index (κ3) is 3.01. The smallest absolute Gasteiger partial charge is 0.264 e. The number of aryl methyl sites for hydroxylation is 1. The third-order valence-corrected chi connectivity index (χ3v) is 6.29. The van der Waals surface area contributed by atoms with Crippen LogP contribution in [-0.4, -0.2) is 37.9 Å². The zero-order valence-electron chi connectivity index (χ0n) is 14.4. The number of Topliss-reactive ketones (excluding diaryl/α,β-unsaturated/α-hetero) is 1. The van der Waals surface area contributed by atoms with E-state index in [0.717, 1.165) is 56.8 Å². The molecule has 1 amide bonds. The third-order valence-electron chi connectivity index (χ3n) is 5.11. The first-order valence-electron chi connectivity index (χ1n) is 8.99. The van der Waals surface area contributed by atoms with Gasteiger partial charge in [0.15, 0.2) is 11.6 Å². The Balaban J connectivity index is 1.61. The molecular formula is C18H22N4O2S. The molecule has 1 saturated heterocycles. The van der Waals surface area contributed by atoms with Crippen LogP contribution in [0, 0.1) is 0 Å². The number of fused-ring (bicyclic) bond motifs is 1. The summed E-state index contributed by atoms with van der Waals surface area (Å²) in [6.45, 7) is 3.22. The van der Waals surface area contributed by atoms with Crippen LogP contribution in [0.3, 0.4) is 0 Å². The van der Waals surface area contributed by atoms with Gasteiger partial charge < -0.3 is 9.47 Å². The van der Waals surface area contributed by atoms with Crippen LogP contribution in [0.1, 0.15) is 76.1 Å². The number of hydrogen-bond donors (Lipinski definition) is 0. The molecule has 132 valence electrons. The van der Waals surface area contributed by atoms with Gasteiger partial charge in [-0.15, -0.1) is 21.5 Å². The first-order valence-corrected chi connectivity index (χ1v) is 9.80. The van der Waals surface area contributed by atoms with E-state index in [4.69, 9.17) is 0 Å². The molecule has 0 bridgehead atoms. The normalized spacial score (nSPS) is 20.4. The number of ketones is 1. The largest absolute Gasteiger partial charge is 0.328 e. The molecule has 0 spiro atoms. The van der Waals surface area contributed by atoms with Crippen molar-refractivity contribution in [3.63, 3.8) is 0 Å². The van der Waals surface area contributed by atoms with Crippen LogP contribution in [0.4, 0.5) is 0 Å². The maximum Gasteiger partial charge on any atom is 0.264 e. The summed E-state index contributed by atoms with van der Waals surface area (Å²) in [5.74, 6) is 2.00. The van der Waals surface area contributed by atoms with E-state index < -0.39 is 0 Å². The zero-order chi connectivity index (χ0) is 17.4. The minimum atomic E-state index is -0.00488. The minimum absolute atomic E-state index is 0.00444. The molecule has 1 atom stereocenters. The number of likely N-dealkylation sites (tertiary alicyclic amines) is 1. The van der Waals surface area contributed by atoms with Crippen LogP contribution in [0.25, 0.3) is 0 Å². The number of nitrogens with zero attached hydrogens (tertiary/aromatic N) is 4. The summed E-state index contributed by atoms with van der Waals surface area (Å²) in [4.78, 5) is 27.7. The Bertz CT molecular complexity index is 810. The van der Waals surface area contributed by atoms with Gasteiger partial charge in [0.2, 0.25) is 0 Å². The van der Waals surface area contributed by atoms with E-state index in [9.17, 15) is 9.59 Å².